The molecule has 0 radical (unpaired) electrons. The number of aryl methyl sites for hydroxylation is 1. The van der Waals surface area contributed by atoms with Gasteiger partial charge < -0.3 is 5.32 Å². The van der Waals surface area contributed by atoms with Gasteiger partial charge in [-0.25, -0.2) is 4.98 Å². The van der Waals surface area contributed by atoms with Gasteiger partial charge in [-0.2, -0.15) is 0 Å². The summed E-state index contributed by atoms with van der Waals surface area (Å²) in [4.78, 5) is 14.1. The van der Waals surface area contributed by atoms with E-state index in [1.807, 2.05) is 6.92 Å². The Balaban J connectivity index is 3.12. The van der Waals surface area contributed by atoms with E-state index < -0.39 is 4.92 Å². The van der Waals surface area contributed by atoms with Gasteiger partial charge in [0.25, 0.3) is 0 Å². The zero-order valence-corrected chi connectivity index (χ0v) is 8.02. The first-order valence-electron chi connectivity index (χ1n) is 4.10. The third kappa shape index (κ3) is 2.29. The summed E-state index contributed by atoms with van der Waals surface area (Å²) < 4.78 is 0. The maximum atomic E-state index is 10.7. The minimum atomic E-state index is -0.460. The van der Waals surface area contributed by atoms with Crippen LogP contribution in [0.2, 0.25) is 0 Å². The van der Waals surface area contributed by atoms with Crippen molar-refractivity contribution in [2.45, 2.75) is 6.92 Å². The molecule has 1 N–H and O–H groups in total. The Morgan fingerprint density at radius 1 is 1.71 bits per heavy atom. The summed E-state index contributed by atoms with van der Waals surface area (Å²) in [6, 6.07) is 3.46. The fourth-order valence-corrected chi connectivity index (χ4v) is 1.03. The molecular weight excluding hydrogens is 182 g/mol. The molecule has 0 fully saturated rings. The standard InChI is InChI=1S/C9H11N3O2/c1-7-3-4-11-8(5-7)9(6-10-2)12(13)14/h3-6,10H,1-2H3/b9-6+. The van der Waals surface area contributed by atoms with Crippen molar-refractivity contribution in [3.63, 3.8) is 0 Å². The molecular formula is C9H11N3O2. The molecule has 1 aromatic rings. The van der Waals surface area contributed by atoms with Crippen LogP contribution < -0.4 is 5.32 Å². The summed E-state index contributed by atoms with van der Waals surface area (Å²) >= 11 is 0. The second-order valence-corrected chi connectivity index (χ2v) is 2.79. The van der Waals surface area contributed by atoms with Gasteiger partial charge in [0, 0.05) is 13.2 Å². The molecule has 1 aromatic heterocycles. The predicted molar refractivity (Wildman–Crippen MR) is 53.0 cm³/mol. The van der Waals surface area contributed by atoms with Gasteiger partial charge in [0.2, 0.25) is 0 Å². The van der Waals surface area contributed by atoms with Gasteiger partial charge in [-0.15, -0.1) is 0 Å². The zero-order chi connectivity index (χ0) is 10.6. The molecule has 74 valence electrons. The van der Waals surface area contributed by atoms with Gasteiger partial charge in [-0.3, -0.25) is 10.1 Å². The zero-order valence-electron chi connectivity index (χ0n) is 8.02. The Kier molecular flexibility index (Phi) is 3.17. The van der Waals surface area contributed by atoms with E-state index in [0.29, 0.717) is 5.69 Å². The van der Waals surface area contributed by atoms with E-state index in [0.717, 1.165) is 5.56 Å². The first kappa shape index (κ1) is 10.2. The lowest BCUT2D eigenvalue weighted by Gasteiger charge is -1.98. The van der Waals surface area contributed by atoms with Crippen LogP contribution >= 0.6 is 0 Å². The lowest BCUT2D eigenvalue weighted by Crippen LogP contribution is -2.05. The second-order valence-electron chi connectivity index (χ2n) is 2.79. The van der Waals surface area contributed by atoms with Crippen molar-refractivity contribution in [2.24, 2.45) is 0 Å². The number of hydrogen-bond donors (Lipinski definition) is 1. The fraction of sp³-hybridized carbons (Fsp3) is 0.222. The number of nitro groups is 1. The molecule has 14 heavy (non-hydrogen) atoms. The van der Waals surface area contributed by atoms with Crippen molar-refractivity contribution < 1.29 is 4.92 Å². The van der Waals surface area contributed by atoms with Crippen molar-refractivity contribution in [3.05, 3.63) is 45.9 Å². The molecule has 0 saturated carbocycles. The number of aromatic nitrogens is 1. The van der Waals surface area contributed by atoms with Gasteiger partial charge >= 0.3 is 5.70 Å². The Bertz CT molecular complexity index is 374. The number of rotatable bonds is 3. The molecule has 0 amide bonds. The van der Waals surface area contributed by atoms with Crippen LogP contribution in [-0.4, -0.2) is 17.0 Å². The van der Waals surface area contributed by atoms with Crippen molar-refractivity contribution >= 4 is 5.70 Å². The molecule has 0 saturated heterocycles. The van der Waals surface area contributed by atoms with Crippen LogP contribution in [0.4, 0.5) is 0 Å². The molecule has 0 spiro atoms. The van der Waals surface area contributed by atoms with Crippen LogP contribution in [0, 0.1) is 17.0 Å². The van der Waals surface area contributed by atoms with E-state index >= 15 is 0 Å². The number of pyridine rings is 1. The van der Waals surface area contributed by atoms with Crippen molar-refractivity contribution in [1.29, 1.82) is 0 Å². The van der Waals surface area contributed by atoms with Crippen molar-refractivity contribution in [2.75, 3.05) is 7.05 Å². The summed E-state index contributed by atoms with van der Waals surface area (Å²) in [6.45, 7) is 1.86. The average Bonchev–Trinajstić information content (AvgIpc) is 2.13. The van der Waals surface area contributed by atoms with Crippen molar-refractivity contribution in [3.8, 4) is 0 Å². The first-order chi connectivity index (χ1) is 6.65. The van der Waals surface area contributed by atoms with Crippen molar-refractivity contribution in [1.82, 2.24) is 10.3 Å². The summed E-state index contributed by atoms with van der Waals surface area (Å²) in [7, 11) is 1.61. The maximum Gasteiger partial charge on any atom is 0.310 e. The topological polar surface area (TPSA) is 68.1 Å². The molecule has 0 aromatic carbocycles. The van der Waals surface area contributed by atoms with Gasteiger partial charge in [-0.05, 0) is 24.6 Å². The molecule has 1 heterocycles. The third-order valence-electron chi connectivity index (χ3n) is 1.66. The van der Waals surface area contributed by atoms with Crippen LogP contribution in [0.25, 0.3) is 5.70 Å². The van der Waals surface area contributed by atoms with E-state index in [1.165, 1.54) is 6.20 Å². The van der Waals surface area contributed by atoms with Crippen LogP contribution in [0.3, 0.4) is 0 Å². The van der Waals surface area contributed by atoms with Gasteiger partial charge in [0.15, 0.2) is 0 Å². The van der Waals surface area contributed by atoms with Gasteiger partial charge in [0.1, 0.15) is 5.69 Å². The van der Waals surface area contributed by atoms with Crippen LogP contribution in [-0.2, 0) is 0 Å². The first-order valence-corrected chi connectivity index (χ1v) is 4.10. The normalized spacial score (nSPS) is 11.1. The highest BCUT2D eigenvalue weighted by atomic mass is 16.6. The highest BCUT2D eigenvalue weighted by Gasteiger charge is 2.14. The molecule has 0 unspecified atom stereocenters. The average molecular weight is 193 g/mol. The molecule has 0 aliphatic heterocycles. The highest BCUT2D eigenvalue weighted by Crippen LogP contribution is 2.12. The minimum Gasteiger partial charge on any atom is -0.388 e. The lowest BCUT2D eigenvalue weighted by molar-refractivity contribution is -0.376. The lowest BCUT2D eigenvalue weighted by atomic mass is 10.2. The Labute approximate surface area is 81.6 Å². The molecule has 5 heteroatoms. The fourth-order valence-electron chi connectivity index (χ4n) is 1.03. The molecule has 0 bridgehead atoms. The molecule has 0 aliphatic rings. The number of nitrogens with zero attached hydrogens (tertiary/aromatic N) is 2. The Morgan fingerprint density at radius 2 is 2.43 bits per heavy atom. The third-order valence-corrected chi connectivity index (χ3v) is 1.66. The molecule has 1 rings (SSSR count). The summed E-state index contributed by atoms with van der Waals surface area (Å²) in [6.07, 6.45) is 2.87. The maximum absolute atomic E-state index is 10.7. The summed E-state index contributed by atoms with van der Waals surface area (Å²) in [5.41, 5.74) is 1.28. The Hall–Kier alpha value is -1.91. The molecule has 5 nitrogen and oxygen atoms in total. The minimum absolute atomic E-state index is 0.0313. The van der Waals surface area contributed by atoms with Crippen LogP contribution in [0.5, 0.6) is 0 Å². The van der Waals surface area contributed by atoms with E-state index in [2.05, 4.69) is 10.3 Å². The van der Waals surface area contributed by atoms with E-state index in [9.17, 15) is 10.1 Å². The smallest absolute Gasteiger partial charge is 0.310 e. The number of nitrogens with one attached hydrogen (secondary N) is 1. The molecule has 0 atom stereocenters. The quantitative estimate of drug-likeness (QED) is 0.578. The second kappa shape index (κ2) is 4.36. The van der Waals surface area contributed by atoms with Crippen LogP contribution in [0.15, 0.2) is 24.5 Å². The number of hydrogen-bond acceptors (Lipinski definition) is 4. The monoisotopic (exact) mass is 193 g/mol. The van der Waals surface area contributed by atoms with Crippen LogP contribution in [0.1, 0.15) is 11.3 Å². The SMILES string of the molecule is CN/C=C(\c1cc(C)ccn1)[N+](=O)[O-]. The van der Waals surface area contributed by atoms with E-state index in [1.54, 1.807) is 25.4 Å². The summed E-state index contributed by atoms with van der Waals surface area (Å²) in [5, 5.41) is 13.3. The van der Waals surface area contributed by atoms with E-state index in [4.69, 9.17) is 0 Å². The Morgan fingerprint density at radius 3 is 2.93 bits per heavy atom. The largest absolute Gasteiger partial charge is 0.388 e. The summed E-state index contributed by atoms with van der Waals surface area (Å²) in [5.74, 6) is 0. The van der Waals surface area contributed by atoms with Gasteiger partial charge in [0.05, 0.1) is 11.1 Å². The molecule has 0 aliphatic carbocycles. The van der Waals surface area contributed by atoms with Gasteiger partial charge in [-0.1, -0.05) is 0 Å². The van der Waals surface area contributed by atoms with E-state index in [-0.39, 0.29) is 5.70 Å². The highest BCUT2D eigenvalue weighted by molar-refractivity contribution is 5.54. The predicted octanol–water partition coefficient (Wildman–Crippen LogP) is 1.18.